The van der Waals surface area contributed by atoms with E-state index < -0.39 is 0 Å². The minimum atomic E-state index is -0.305. The van der Waals surface area contributed by atoms with Crippen LogP contribution in [0.15, 0.2) is 83.1 Å². The zero-order valence-electron chi connectivity index (χ0n) is 24.2. The predicted molar refractivity (Wildman–Crippen MR) is 170 cm³/mol. The summed E-state index contributed by atoms with van der Waals surface area (Å²) in [5, 5.41) is 16.6. The van der Waals surface area contributed by atoms with E-state index in [1.807, 2.05) is 12.1 Å². The number of aromatic nitrogens is 11. The highest BCUT2D eigenvalue weighted by molar-refractivity contribution is 7.13. The van der Waals surface area contributed by atoms with Crippen LogP contribution >= 0.6 is 11.3 Å². The second-order valence-corrected chi connectivity index (χ2v) is 11.0. The molecule has 6 aromatic heterocycles. The van der Waals surface area contributed by atoms with Gasteiger partial charge >= 0.3 is 0 Å². The largest absolute Gasteiger partial charge is 0.463 e. The molecule has 8 rings (SSSR count). The zero-order chi connectivity index (χ0) is 31.6. The van der Waals surface area contributed by atoms with Crippen molar-refractivity contribution in [2.24, 2.45) is 0 Å². The molecule has 46 heavy (non-hydrogen) atoms. The van der Waals surface area contributed by atoms with Crippen LogP contribution in [0.5, 0.6) is 0 Å². The van der Waals surface area contributed by atoms with E-state index in [0.717, 1.165) is 10.4 Å². The maximum Gasteiger partial charge on any atom is 0.222 e. The van der Waals surface area contributed by atoms with Crippen LogP contribution in [-0.2, 0) is 13.1 Å². The Kier molecular flexibility index (Phi) is 7.51. The van der Waals surface area contributed by atoms with Crippen molar-refractivity contribution < 1.29 is 8.81 Å². The Bertz CT molecular complexity index is 2280. The molecule has 0 spiro atoms. The molecule has 228 valence electrons. The molecule has 0 fully saturated rings. The van der Waals surface area contributed by atoms with Crippen molar-refractivity contribution in [2.75, 3.05) is 11.5 Å². The lowest BCUT2D eigenvalue weighted by molar-refractivity contribution is 0.580. The first-order chi connectivity index (χ1) is 22.4. The van der Waals surface area contributed by atoms with E-state index in [9.17, 15) is 4.39 Å². The lowest BCUT2D eigenvalue weighted by atomic mass is 10.1. The number of anilines is 2. The highest BCUT2D eigenvalue weighted by Crippen LogP contribution is 2.28. The van der Waals surface area contributed by atoms with Crippen molar-refractivity contribution in [1.29, 1.82) is 0 Å². The molecule has 16 heteroatoms. The number of hydrogen-bond donors (Lipinski definition) is 2. The molecule has 0 atom stereocenters. The van der Waals surface area contributed by atoms with Crippen LogP contribution < -0.4 is 11.5 Å². The molecule has 0 saturated heterocycles. The number of rotatable bonds is 6. The molecule has 8 aromatic rings. The summed E-state index contributed by atoms with van der Waals surface area (Å²) in [6, 6.07) is 18.3. The standard InChI is InChI=1S/C16H14N6O.C14H10FN7S/c1-10-4-2-5-11(8-10)9-22-15-14(20-21-22)13(18-16(17)19-15)12-6-3-7-23-12;15-9-4-2-1-3-8(9)6-22-13-12(20-21-22)11(18-14(16)19-13)10-5-17-7-23-10/h2-8H,9H2,1H3,(H2,17,18,19);1-5,7H,6H2,(H2,16,18,19). The number of nitrogens with zero attached hydrogens (tertiary/aromatic N) is 11. The van der Waals surface area contributed by atoms with E-state index in [4.69, 9.17) is 15.9 Å². The summed E-state index contributed by atoms with van der Waals surface area (Å²) in [4.78, 5) is 21.8. The molecule has 0 bridgehead atoms. The molecule has 0 saturated carbocycles. The SMILES string of the molecule is Cc1cccc(Cn2nnc3c(-c4ccco4)nc(N)nc32)c1.Nc1nc(-c2cncs2)c2nnn(Cc3ccccc3F)c2n1. The zero-order valence-corrected chi connectivity index (χ0v) is 25.0. The number of nitrogens with two attached hydrogens (primary N) is 2. The third kappa shape index (κ3) is 5.71. The summed E-state index contributed by atoms with van der Waals surface area (Å²) in [6.45, 7) is 2.83. The number of nitrogen functional groups attached to an aromatic ring is 2. The quantitative estimate of drug-likeness (QED) is 0.260. The molecule has 6 heterocycles. The van der Waals surface area contributed by atoms with E-state index in [1.165, 1.54) is 27.6 Å². The van der Waals surface area contributed by atoms with E-state index in [0.29, 0.717) is 51.6 Å². The fourth-order valence-corrected chi connectivity index (χ4v) is 5.43. The molecule has 0 aliphatic heterocycles. The summed E-state index contributed by atoms with van der Waals surface area (Å²) >= 11 is 1.42. The van der Waals surface area contributed by atoms with Crippen molar-refractivity contribution in [3.05, 3.63) is 101 Å². The van der Waals surface area contributed by atoms with Crippen LogP contribution in [0.4, 0.5) is 16.3 Å². The molecule has 0 unspecified atom stereocenters. The van der Waals surface area contributed by atoms with Gasteiger partial charge in [0.25, 0.3) is 0 Å². The highest BCUT2D eigenvalue weighted by Gasteiger charge is 2.18. The first kappa shape index (κ1) is 28.6. The van der Waals surface area contributed by atoms with E-state index in [2.05, 4.69) is 64.6 Å². The van der Waals surface area contributed by atoms with E-state index in [-0.39, 0.29) is 24.3 Å². The number of halogens is 1. The summed E-state index contributed by atoms with van der Waals surface area (Å²) in [5.41, 5.74) is 19.4. The second-order valence-electron chi connectivity index (χ2n) is 10.1. The van der Waals surface area contributed by atoms with Gasteiger partial charge in [-0.05, 0) is 30.7 Å². The Morgan fingerprint density at radius 2 is 1.52 bits per heavy atom. The molecular weight excluding hydrogens is 609 g/mol. The number of thiazole rings is 1. The average Bonchev–Trinajstić information content (AvgIpc) is 3.87. The molecule has 14 nitrogen and oxygen atoms in total. The van der Waals surface area contributed by atoms with Crippen molar-refractivity contribution in [3.8, 4) is 22.0 Å². The Labute approximate surface area is 263 Å². The minimum Gasteiger partial charge on any atom is -0.463 e. The summed E-state index contributed by atoms with van der Waals surface area (Å²) in [6.07, 6.45) is 3.26. The summed E-state index contributed by atoms with van der Waals surface area (Å²) in [5.74, 6) is 0.558. The molecular formula is C30H24FN13OS. The smallest absolute Gasteiger partial charge is 0.222 e. The topological polar surface area (TPSA) is 191 Å². The minimum absolute atomic E-state index is 0.109. The molecule has 2 aromatic carbocycles. The molecule has 0 aliphatic rings. The van der Waals surface area contributed by atoms with Gasteiger partial charge in [-0.15, -0.1) is 21.5 Å². The first-order valence-electron chi connectivity index (χ1n) is 13.9. The third-order valence-corrected chi connectivity index (χ3v) is 7.65. The van der Waals surface area contributed by atoms with Gasteiger partial charge in [0.2, 0.25) is 11.9 Å². The lowest BCUT2D eigenvalue weighted by Gasteiger charge is -2.04. The number of hydrogen-bond acceptors (Lipinski definition) is 13. The van der Waals surface area contributed by atoms with Gasteiger partial charge in [0, 0.05) is 11.8 Å². The molecule has 0 amide bonds. The second kappa shape index (κ2) is 12.1. The lowest BCUT2D eigenvalue weighted by Crippen LogP contribution is -2.06. The van der Waals surface area contributed by atoms with Gasteiger partial charge in [-0.1, -0.05) is 58.5 Å². The van der Waals surface area contributed by atoms with Gasteiger partial charge in [-0.3, -0.25) is 4.98 Å². The molecule has 0 radical (unpaired) electrons. The van der Waals surface area contributed by atoms with Crippen LogP contribution in [0.25, 0.3) is 44.4 Å². The van der Waals surface area contributed by atoms with Gasteiger partial charge in [0.05, 0.1) is 29.7 Å². The maximum absolute atomic E-state index is 13.8. The van der Waals surface area contributed by atoms with Gasteiger partial charge in [0.1, 0.15) is 17.2 Å². The van der Waals surface area contributed by atoms with E-state index in [1.54, 1.807) is 53.0 Å². The monoisotopic (exact) mass is 633 g/mol. The highest BCUT2D eigenvalue weighted by atomic mass is 32.1. The van der Waals surface area contributed by atoms with Crippen molar-refractivity contribution in [3.63, 3.8) is 0 Å². The molecule has 0 aliphatic carbocycles. The van der Waals surface area contributed by atoms with Gasteiger partial charge in [-0.2, -0.15) is 9.97 Å². The van der Waals surface area contributed by atoms with Crippen molar-refractivity contribution >= 4 is 45.6 Å². The Morgan fingerprint density at radius 1 is 0.804 bits per heavy atom. The van der Waals surface area contributed by atoms with E-state index >= 15 is 0 Å². The third-order valence-electron chi connectivity index (χ3n) is 6.87. The maximum atomic E-state index is 13.8. The Morgan fingerprint density at radius 3 is 2.20 bits per heavy atom. The van der Waals surface area contributed by atoms with Crippen LogP contribution in [0, 0.1) is 12.7 Å². The summed E-state index contributed by atoms with van der Waals surface area (Å²) < 4.78 is 22.5. The summed E-state index contributed by atoms with van der Waals surface area (Å²) in [7, 11) is 0. The average molecular weight is 634 g/mol. The van der Waals surface area contributed by atoms with Crippen LogP contribution in [0.1, 0.15) is 16.7 Å². The first-order valence-corrected chi connectivity index (χ1v) is 14.8. The normalized spacial score (nSPS) is 11.2. The van der Waals surface area contributed by atoms with Crippen LogP contribution in [0.3, 0.4) is 0 Å². The predicted octanol–water partition coefficient (Wildman–Crippen LogP) is 4.53. The number of benzene rings is 2. The Balaban J connectivity index is 0.000000147. The van der Waals surface area contributed by atoms with Crippen molar-refractivity contribution in [2.45, 2.75) is 20.0 Å². The van der Waals surface area contributed by atoms with Crippen LogP contribution in [0.2, 0.25) is 0 Å². The number of aryl methyl sites for hydroxylation is 1. The van der Waals surface area contributed by atoms with Gasteiger partial charge < -0.3 is 15.9 Å². The fourth-order valence-electron chi connectivity index (χ4n) is 4.82. The molecule has 4 N–H and O–H groups in total. The van der Waals surface area contributed by atoms with Crippen molar-refractivity contribution in [1.82, 2.24) is 54.9 Å². The van der Waals surface area contributed by atoms with Crippen LogP contribution in [-0.4, -0.2) is 54.9 Å². The Hall–Kier alpha value is -6.16. The van der Waals surface area contributed by atoms with Gasteiger partial charge in [-0.25, -0.2) is 23.7 Å². The van der Waals surface area contributed by atoms with Gasteiger partial charge in [0.15, 0.2) is 28.1 Å². The fraction of sp³-hybridized carbons (Fsp3) is 0.100. The number of furan rings is 1. The number of fused-ring (bicyclic) bond motifs is 2.